The van der Waals surface area contributed by atoms with E-state index in [1.165, 1.54) is 0 Å². The molecule has 0 radical (unpaired) electrons. The number of nitrogens with zero attached hydrogens (tertiary/aromatic N) is 9. The Morgan fingerprint density at radius 2 is 1.83 bits per heavy atom. The molecule has 1 fully saturated rings. The number of anilines is 1. The fourth-order valence-corrected chi connectivity index (χ4v) is 3.57. The van der Waals surface area contributed by atoms with Crippen LogP contribution in [0.1, 0.15) is 30.3 Å². The quantitative estimate of drug-likeness (QED) is 0.508. The first-order valence-electron chi connectivity index (χ1n) is 9.36. The molecule has 4 aromatic rings. The Bertz CT molecular complexity index is 1160. The maximum atomic E-state index is 12.9. The van der Waals surface area contributed by atoms with Crippen molar-refractivity contribution < 1.29 is 13.2 Å². The number of hydrogen-bond acceptors (Lipinski definition) is 7. The Labute approximate surface area is 168 Å². The molecule has 0 spiro atoms. The largest absolute Gasteiger partial charge is 0.433 e. The first-order chi connectivity index (χ1) is 14.5. The van der Waals surface area contributed by atoms with E-state index in [9.17, 15) is 13.2 Å². The normalized spacial score (nSPS) is 15.8. The molecule has 0 amide bonds. The molecule has 154 valence electrons. The molecule has 5 heterocycles. The van der Waals surface area contributed by atoms with Crippen LogP contribution in [0.2, 0.25) is 0 Å². The minimum absolute atomic E-state index is 0.0717. The average Bonchev–Trinajstić information content (AvgIpc) is 3.43. The lowest BCUT2D eigenvalue weighted by Crippen LogP contribution is -2.35. The molecule has 0 saturated carbocycles. The van der Waals surface area contributed by atoms with E-state index in [4.69, 9.17) is 0 Å². The number of fused-ring (bicyclic) bond motifs is 1. The zero-order chi connectivity index (χ0) is 20.7. The predicted molar refractivity (Wildman–Crippen MR) is 99.1 cm³/mol. The second-order valence-electron chi connectivity index (χ2n) is 6.97. The van der Waals surface area contributed by atoms with Gasteiger partial charge in [0.15, 0.2) is 17.3 Å². The lowest BCUT2D eigenvalue weighted by atomic mass is 9.96. The summed E-state index contributed by atoms with van der Waals surface area (Å²) in [4.78, 5) is 9.46. The van der Waals surface area contributed by atoms with Crippen LogP contribution in [0.25, 0.3) is 11.5 Å². The molecule has 0 aliphatic carbocycles. The summed E-state index contributed by atoms with van der Waals surface area (Å²) in [7, 11) is 0. The minimum atomic E-state index is -4.49. The highest BCUT2D eigenvalue weighted by Gasteiger charge is 2.34. The highest BCUT2D eigenvalue weighted by atomic mass is 19.4. The first-order valence-corrected chi connectivity index (χ1v) is 9.36. The Morgan fingerprint density at radius 1 is 1.00 bits per heavy atom. The van der Waals surface area contributed by atoms with Crippen molar-refractivity contribution in [1.82, 2.24) is 39.6 Å². The van der Waals surface area contributed by atoms with Crippen molar-refractivity contribution in [3.05, 3.63) is 54.4 Å². The Hall–Kier alpha value is -3.57. The summed E-state index contributed by atoms with van der Waals surface area (Å²) in [5, 5.41) is 17.3. The summed E-state index contributed by atoms with van der Waals surface area (Å²) in [6, 6.07) is 6.33. The van der Waals surface area contributed by atoms with E-state index < -0.39 is 11.9 Å². The predicted octanol–water partition coefficient (Wildman–Crippen LogP) is 2.50. The van der Waals surface area contributed by atoms with Gasteiger partial charge >= 0.3 is 6.18 Å². The van der Waals surface area contributed by atoms with Gasteiger partial charge in [0.05, 0.1) is 0 Å². The SMILES string of the molecule is FC(F)(F)c1ccnc(N2CCC(c3nnc4ccc(-n5cccn5)nn34)CC2)n1. The van der Waals surface area contributed by atoms with Gasteiger partial charge in [0.2, 0.25) is 5.95 Å². The standard InChI is InChI=1S/C18H16F3N9/c19-18(20,21)13-4-8-22-17(24-13)28-10-5-12(6-11-28)16-26-25-14-2-3-15(27-30(14)16)29-9-1-7-23-29/h1-4,7-9,12H,5-6,10-11H2. The molecule has 9 nitrogen and oxygen atoms in total. The van der Waals surface area contributed by atoms with Crippen LogP contribution < -0.4 is 4.90 Å². The van der Waals surface area contributed by atoms with Crippen LogP contribution in [0.3, 0.4) is 0 Å². The van der Waals surface area contributed by atoms with Gasteiger partial charge in [-0.05, 0) is 37.1 Å². The van der Waals surface area contributed by atoms with Crippen molar-refractivity contribution in [3.63, 3.8) is 0 Å². The molecule has 1 saturated heterocycles. The van der Waals surface area contributed by atoms with Gasteiger partial charge in [-0.3, -0.25) is 0 Å². The zero-order valence-electron chi connectivity index (χ0n) is 15.6. The Balaban J connectivity index is 1.36. The summed E-state index contributed by atoms with van der Waals surface area (Å²) < 4.78 is 42.1. The van der Waals surface area contributed by atoms with E-state index in [0.717, 1.165) is 18.1 Å². The molecule has 0 atom stereocenters. The van der Waals surface area contributed by atoms with Gasteiger partial charge in [0.25, 0.3) is 0 Å². The number of hydrogen-bond donors (Lipinski definition) is 0. The van der Waals surface area contributed by atoms with Crippen LogP contribution in [0.15, 0.2) is 42.9 Å². The van der Waals surface area contributed by atoms with Gasteiger partial charge in [0, 0.05) is 37.6 Å². The minimum Gasteiger partial charge on any atom is -0.341 e. The van der Waals surface area contributed by atoms with Crippen molar-refractivity contribution in [2.45, 2.75) is 24.9 Å². The fourth-order valence-electron chi connectivity index (χ4n) is 3.57. The van der Waals surface area contributed by atoms with E-state index in [0.29, 0.717) is 37.4 Å². The van der Waals surface area contributed by atoms with Crippen molar-refractivity contribution in [2.24, 2.45) is 0 Å². The fraction of sp³-hybridized carbons (Fsp3) is 0.333. The summed E-state index contributed by atoms with van der Waals surface area (Å²) >= 11 is 0. The van der Waals surface area contributed by atoms with Crippen LogP contribution in [-0.4, -0.2) is 52.6 Å². The van der Waals surface area contributed by atoms with Gasteiger partial charge in [0.1, 0.15) is 5.69 Å². The van der Waals surface area contributed by atoms with Crippen molar-refractivity contribution in [3.8, 4) is 5.82 Å². The van der Waals surface area contributed by atoms with E-state index in [1.54, 1.807) is 26.5 Å². The highest BCUT2D eigenvalue weighted by molar-refractivity contribution is 5.40. The summed E-state index contributed by atoms with van der Waals surface area (Å²) in [5.41, 5.74) is -0.307. The van der Waals surface area contributed by atoms with E-state index in [2.05, 4.69) is 30.4 Å². The number of rotatable bonds is 3. The lowest BCUT2D eigenvalue weighted by molar-refractivity contribution is -0.141. The smallest absolute Gasteiger partial charge is 0.341 e. The number of aromatic nitrogens is 8. The third-order valence-corrected chi connectivity index (χ3v) is 5.09. The lowest BCUT2D eigenvalue weighted by Gasteiger charge is -2.31. The molecule has 0 unspecified atom stereocenters. The van der Waals surface area contributed by atoms with Crippen LogP contribution in [0.4, 0.5) is 19.1 Å². The van der Waals surface area contributed by atoms with Crippen LogP contribution >= 0.6 is 0 Å². The average molecular weight is 415 g/mol. The van der Waals surface area contributed by atoms with Gasteiger partial charge in [-0.1, -0.05) is 0 Å². The maximum absolute atomic E-state index is 12.9. The number of piperidine rings is 1. The van der Waals surface area contributed by atoms with Gasteiger partial charge in [-0.2, -0.15) is 22.8 Å². The number of alkyl halides is 3. The van der Waals surface area contributed by atoms with Crippen LogP contribution in [0, 0.1) is 0 Å². The van der Waals surface area contributed by atoms with Gasteiger partial charge in [-0.25, -0.2) is 14.6 Å². The summed E-state index contributed by atoms with van der Waals surface area (Å²) in [6.07, 6.45) is 1.47. The monoisotopic (exact) mass is 415 g/mol. The second kappa shape index (κ2) is 7.04. The van der Waals surface area contributed by atoms with Gasteiger partial charge in [-0.15, -0.1) is 15.3 Å². The molecular weight excluding hydrogens is 399 g/mol. The molecule has 30 heavy (non-hydrogen) atoms. The van der Waals surface area contributed by atoms with Gasteiger partial charge < -0.3 is 4.90 Å². The third-order valence-electron chi connectivity index (χ3n) is 5.09. The molecule has 4 aromatic heterocycles. The molecule has 0 bridgehead atoms. The van der Waals surface area contributed by atoms with E-state index >= 15 is 0 Å². The molecule has 0 aromatic carbocycles. The van der Waals surface area contributed by atoms with Crippen LogP contribution in [0.5, 0.6) is 0 Å². The topological polar surface area (TPSA) is 89.9 Å². The second-order valence-corrected chi connectivity index (χ2v) is 6.97. The van der Waals surface area contributed by atoms with Crippen LogP contribution in [-0.2, 0) is 6.18 Å². The summed E-state index contributed by atoms with van der Waals surface area (Å²) in [5.74, 6) is 1.53. The maximum Gasteiger partial charge on any atom is 0.433 e. The zero-order valence-corrected chi connectivity index (χ0v) is 15.6. The van der Waals surface area contributed by atoms with E-state index in [1.807, 2.05) is 18.2 Å². The summed E-state index contributed by atoms with van der Waals surface area (Å²) in [6.45, 7) is 1.03. The molecule has 1 aliphatic heterocycles. The molecular formula is C18H16F3N9. The van der Waals surface area contributed by atoms with Crippen molar-refractivity contribution in [1.29, 1.82) is 0 Å². The van der Waals surface area contributed by atoms with Crippen molar-refractivity contribution >= 4 is 11.6 Å². The Morgan fingerprint density at radius 3 is 2.57 bits per heavy atom. The number of halogens is 3. The third kappa shape index (κ3) is 3.33. The molecule has 12 heteroatoms. The van der Waals surface area contributed by atoms with Crippen molar-refractivity contribution in [2.75, 3.05) is 18.0 Å². The molecule has 0 N–H and O–H groups in total. The first kappa shape index (κ1) is 18.5. The molecule has 5 rings (SSSR count). The highest BCUT2D eigenvalue weighted by Crippen LogP contribution is 2.31. The van der Waals surface area contributed by atoms with E-state index in [-0.39, 0.29) is 11.9 Å². The molecule has 1 aliphatic rings. The Kier molecular flexibility index (Phi) is 4.33.